The van der Waals surface area contributed by atoms with Gasteiger partial charge in [-0.15, -0.1) is 0 Å². The molecule has 3 rings (SSSR count). The molecule has 5 heteroatoms. The van der Waals surface area contributed by atoms with Gasteiger partial charge < -0.3 is 4.98 Å². The van der Waals surface area contributed by atoms with Gasteiger partial charge in [0.2, 0.25) is 0 Å². The molecule has 106 valence electrons. The summed E-state index contributed by atoms with van der Waals surface area (Å²) in [7, 11) is 0. The molecule has 1 aromatic heterocycles. The minimum absolute atomic E-state index is 0.162. The Hall–Kier alpha value is -1.78. The fourth-order valence-corrected chi connectivity index (χ4v) is 2.80. The number of rotatable bonds is 2. The van der Waals surface area contributed by atoms with E-state index in [4.69, 9.17) is 11.6 Å². The normalized spacial score (nSPS) is 10.8. The first kappa shape index (κ1) is 14.2. The largest absolute Gasteiger partial charge is 0.330 e. The van der Waals surface area contributed by atoms with Gasteiger partial charge in [-0.05, 0) is 43.3 Å². The van der Waals surface area contributed by atoms with E-state index in [1.807, 2.05) is 55.5 Å². The van der Waals surface area contributed by atoms with Crippen LogP contribution in [0.15, 0.2) is 57.8 Å². The van der Waals surface area contributed by atoms with Crippen molar-refractivity contribution in [3.8, 4) is 16.9 Å². The van der Waals surface area contributed by atoms with Crippen LogP contribution in [0.25, 0.3) is 16.9 Å². The molecule has 21 heavy (non-hydrogen) atoms. The standard InChI is InChI=1S/C16H12BrClN2O/c1-10-15(11-3-2-4-13(18)9-11)19-16(21)20(10)14-7-5-12(17)6-8-14/h2-9H,1H3,(H,19,21). The third kappa shape index (κ3) is 2.69. The van der Waals surface area contributed by atoms with Crippen LogP contribution in [0.4, 0.5) is 0 Å². The van der Waals surface area contributed by atoms with E-state index in [-0.39, 0.29) is 5.69 Å². The Kier molecular flexibility index (Phi) is 3.74. The van der Waals surface area contributed by atoms with Crippen LogP contribution in [0, 0.1) is 6.92 Å². The van der Waals surface area contributed by atoms with Gasteiger partial charge >= 0.3 is 5.69 Å². The van der Waals surface area contributed by atoms with E-state index in [0.717, 1.165) is 27.1 Å². The van der Waals surface area contributed by atoms with Gasteiger partial charge in [0.15, 0.2) is 0 Å². The molecule has 0 aliphatic carbocycles. The van der Waals surface area contributed by atoms with Crippen LogP contribution in [0.5, 0.6) is 0 Å². The maximum atomic E-state index is 12.3. The van der Waals surface area contributed by atoms with E-state index in [1.54, 1.807) is 4.57 Å². The molecule has 0 spiro atoms. The Morgan fingerprint density at radius 1 is 1.14 bits per heavy atom. The molecule has 0 fully saturated rings. The molecule has 0 unspecified atom stereocenters. The highest BCUT2D eigenvalue weighted by molar-refractivity contribution is 9.10. The van der Waals surface area contributed by atoms with Crippen molar-refractivity contribution < 1.29 is 0 Å². The lowest BCUT2D eigenvalue weighted by atomic mass is 10.1. The predicted octanol–water partition coefficient (Wildman–Crippen LogP) is 4.56. The van der Waals surface area contributed by atoms with E-state index < -0.39 is 0 Å². The van der Waals surface area contributed by atoms with Crippen LogP contribution in [0.1, 0.15) is 5.69 Å². The topological polar surface area (TPSA) is 37.8 Å². The van der Waals surface area contributed by atoms with Gasteiger partial charge in [0.1, 0.15) is 0 Å². The molecular weight excluding hydrogens is 352 g/mol. The van der Waals surface area contributed by atoms with E-state index in [2.05, 4.69) is 20.9 Å². The van der Waals surface area contributed by atoms with E-state index >= 15 is 0 Å². The van der Waals surface area contributed by atoms with Crippen LogP contribution in [-0.2, 0) is 0 Å². The van der Waals surface area contributed by atoms with Gasteiger partial charge in [0.25, 0.3) is 0 Å². The molecule has 0 aliphatic heterocycles. The molecule has 0 amide bonds. The highest BCUT2D eigenvalue weighted by Gasteiger charge is 2.13. The van der Waals surface area contributed by atoms with Crippen molar-refractivity contribution >= 4 is 27.5 Å². The molecule has 3 aromatic rings. The zero-order chi connectivity index (χ0) is 15.0. The van der Waals surface area contributed by atoms with E-state index in [0.29, 0.717) is 5.02 Å². The Morgan fingerprint density at radius 3 is 2.52 bits per heavy atom. The molecule has 0 radical (unpaired) electrons. The zero-order valence-electron chi connectivity index (χ0n) is 11.2. The number of hydrogen-bond acceptors (Lipinski definition) is 1. The smallest absolute Gasteiger partial charge is 0.305 e. The number of nitrogens with one attached hydrogen (secondary N) is 1. The first-order valence-electron chi connectivity index (χ1n) is 6.40. The van der Waals surface area contributed by atoms with Gasteiger partial charge in [-0.25, -0.2) is 4.79 Å². The van der Waals surface area contributed by atoms with Crippen LogP contribution in [-0.4, -0.2) is 9.55 Å². The maximum absolute atomic E-state index is 12.3. The van der Waals surface area contributed by atoms with Crippen molar-refractivity contribution in [2.24, 2.45) is 0 Å². The number of halogens is 2. The monoisotopic (exact) mass is 362 g/mol. The van der Waals surface area contributed by atoms with Crippen molar-refractivity contribution in [1.82, 2.24) is 9.55 Å². The summed E-state index contributed by atoms with van der Waals surface area (Å²) in [4.78, 5) is 15.2. The molecular formula is C16H12BrClN2O. The lowest BCUT2D eigenvalue weighted by Gasteiger charge is -2.06. The molecule has 0 saturated heterocycles. The summed E-state index contributed by atoms with van der Waals surface area (Å²) in [5.74, 6) is 0. The molecule has 1 N–H and O–H groups in total. The first-order valence-corrected chi connectivity index (χ1v) is 7.57. The Balaban J connectivity index is 2.17. The second-order valence-electron chi connectivity index (χ2n) is 4.71. The number of hydrogen-bond donors (Lipinski definition) is 1. The fraction of sp³-hybridized carbons (Fsp3) is 0.0625. The molecule has 2 aromatic carbocycles. The second kappa shape index (κ2) is 5.54. The summed E-state index contributed by atoms with van der Waals surface area (Å²) in [5, 5.41) is 0.643. The third-order valence-electron chi connectivity index (χ3n) is 3.33. The number of imidazole rings is 1. The van der Waals surface area contributed by atoms with Gasteiger partial charge in [-0.1, -0.05) is 39.7 Å². The molecule has 0 aliphatic rings. The summed E-state index contributed by atoms with van der Waals surface area (Å²) in [6, 6.07) is 15.1. The summed E-state index contributed by atoms with van der Waals surface area (Å²) < 4.78 is 2.63. The number of benzene rings is 2. The minimum Gasteiger partial charge on any atom is -0.305 e. The zero-order valence-corrected chi connectivity index (χ0v) is 13.6. The summed E-state index contributed by atoms with van der Waals surface area (Å²) in [6.45, 7) is 1.91. The number of aromatic nitrogens is 2. The molecule has 0 saturated carbocycles. The van der Waals surface area contributed by atoms with Crippen molar-refractivity contribution in [3.63, 3.8) is 0 Å². The fourth-order valence-electron chi connectivity index (χ4n) is 2.34. The average molecular weight is 364 g/mol. The SMILES string of the molecule is Cc1c(-c2cccc(Cl)c2)[nH]c(=O)n1-c1ccc(Br)cc1. The lowest BCUT2D eigenvalue weighted by Crippen LogP contribution is -2.15. The Morgan fingerprint density at radius 2 is 1.86 bits per heavy atom. The molecule has 3 nitrogen and oxygen atoms in total. The van der Waals surface area contributed by atoms with Gasteiger partial charge in [-0.2, -0.15) is 0 Å². The van der Waals surface area contributed by atoms with Crippen molar-refractivity contribution in [1.29, 1.82) is 0 Å². The van der Waals surface area contributed by atoms with Crippen LogP contribution >= 0.6 is 27.5 Å². The first-order chi connectivity index (χ1) is 10.1. The highest BCUT2D eigenvalue weighted by atomic mass is 79.9. The summed E-state index contributed by atoms with van der Waals surface area (Å²) in [5.41, 5.74) is 3.19. The van der Waals surface area contributed by atoms with Crippen molar-refractivity contribution in [3.05, 3.63) is 74.2 Å². The van der Waals surface area contributed by atoms with Crippen LogP contribution < -0.4 is 5.69 Å². The maximum Gasteiger partial charge on any atom is 0.330 e. The lowest BCUT2D eigenvalue weighted by molar-refractivity contribution is 0.949. The number of H-pyrrole nitrogens is 1. The molecule has 0 bridgehead atoms. The van der Waals surface area contributed by atoms with Crippen molar-refractivity contribution in [2.45, 2.75) is 6.92 Å². The van der Waals surface area contributed by atoms with Gasteiger partial charge in [0, 0.05) is 20.8 Å². The second-order valence-corrected chi connectivity index (χ2v) is 6.06. The highest BCUT2D eigenvalue weighted by Crippen LogP contribution is 2.25. The Bertz CT molecular complexity index is 849. The Labute approximate surface area is 135 Å². The number of nitrogens with zero attached hydrogens (tertiary/aromatic N) is 1. The third-order valence-corrected chi connectivity index (χ3v) is 4.09. The van der Waals surface area contributed by atoms with Crippen LogP contribution in [0.3, 0.4) is 0 Å². The quantitative estimate of drug-likeness (QED) is 0.712. The van der Waals surface area contributed by atoms with Crippen molar-refractivity contribution in [2.75, 3.05) is 0 Å². The summed E-state index contributed by atoms with van der Waals surface area (Å²) in [6.07, 6.45) is 0. The average Bonchev–Trinajstić information content (AvgIpc) is 2.75. The predicted molar refractivity (Wildman–Crippen MR) is 89.3 cm³/mol. The minimum atomic E-state index is -0.162. The van der Waals surface area contributed by atoms with E-state index in [9.17, 15) is 4.79 Å². The van der Waals surface area contributed by atoms with Gasteiger partial charge in [-0.3, -0.25) is 4.57 Å². The molecule has 1 heterocycles. The van der Waals surface area contributed by atoms with E-state index in [1.165, 1.54) is 0 Å². The molecule has 0 atom stereocenters. The van der Waals surface area contributed by atoms with Gasteiger partial charge in [0.05, 0.1) is 11.4 Å². The van der Waals surface area contributed by atoms with Crippen LogP contribution in [0.2, 0.25) is 5.02 Å². The summed E-state index contributed by atoms with van der Waals surface area (Å²) >= 11 is 9.42. The number of aromatic amines is 1.